The molecule has 1 aliphatic rings. The highest BCUT2D eigenvalue weighted by molar-refractivity contribution is 7.80. The molecule has 1 aromatic carbocycles. The quantitative estimate of drug-likeness (QED) is 0.652. The van der Waals surface area contributed by atoms with Gasteiger partial charge in [0.05, 0.1) is 16.8 Å². The molecule has 0 spiro atoms. The minimum atomic E-state index is -0.951. The summed E-state index contributed by atoms with van der Waals surface area (Å²) in [6.07, 6.45) is 1.80. The average molecular weight is 334 g/mol. The zero-order valence-corrected chi connectivity index (χ0v) is 15.1. The summed E-state index contributed by atoms with van der Waals surface area (Å²) >= 11 is 4.37. The van der Waals surface area contributed by atoms with Crippen molar-refractivity contribution in [2.24, 2.45) is 0 Å². The van der Waals surface area contributed by atoms with Crippen LogP contribution in [0.3, 0.4) is 0 Å². The van der Waals surface area contributed by atoms with Crippen molar-refractivity contribution in [2.45, 2.75) is 45.8 Å². The van der Waals surface area contributed by atoms with E-state index in [0.717, 1.165) is 11.0 Å². The number of benzene rings is 1. The summed E-state index contributed by atoms with van der Waals surface area (Å²) in [6, 6.07) is 5.35. The molecule has 0 amide bonds. The fraction of sp³-hybridized carbons (Fsp3) is 0.471. The van der Waals surface area contributed by atoms with E-state index in [2.05, 4.69) is 12.6 Å². The van der Waals surface area contributed by atoms with Gasteiger partial charge in [-0.05, 0) is 51.7 Å². The second-order valence-electron chi connectivity index (χ2n) is 6.86. The summed E-state index contributed by atoms with van der Waals surface area (Å²) in [5.74, 6) is -0.531. The van der Waals surface area contributed by atoms with Crippen LogP contribution < -0.4 is 0 Å². The number of hydrogen-bond acceptors (Lipinski definition) is 4. The van der Waals surface area contributed by atoms with E-state index >= 15 is 0 Å². The SMILES string of the molecule is Cc1ccc(C=C(CS)B2OC(C)(C)C(C)(C)O2)c(C(=O)O)c1. The number of carbonyl (C=O) groups is 1. The predicted molar refractivity (Wildman–Crippen MR) is 96.1 cm³/mol. The largest absolute Gasteiger partial charge is 0.491 e. The average Bonchev–Trinajstić information content (AvgIpc) is 2.65. The van der Waals surface area contributed by atoms with Gasteiger partial charge in [0.15, 0.2) is 0 Å². The molecular weight excluding hydrogens is 311 g/mol. The van der Waals surface area contributed by atoms with Crippen LogP contribution in [-0.4, -0.2) is 35.1 Å². The van der Waals surface area contributed by atoms with Gasteiger partial charge in [-0.3, -0.25) is 0 Å². The minimum Gasteiger partial charge on any atom is -0.478 e. The van der Waals surface area contributed by atoms with Crippen LogP contribution in [0.1, 0.15) is 49.2 Å². The third-order valence-electron chi connectivity index (χ3n) is 4.52. The van der Waals surface area contributed by atoms with Crippen LogP contribution in [0, 0.1) is 6.92 Å². The van der Waals surface area contributed by atoms with Crippen molar-refractivity contribution >= 4 is 31.8 Å². The Kier molecular flexibility index (Phi) is 4.99. The molecule has 2 rings (SSSR count). The molecular formula is C17H23BO4S. The Morgan fingerprint density at radius 3 is 2.30 bits per heavy atom. The predicted octanol–water partition coefficient (Wildman–Crippen LogP) is 3.64. The van der Waals surface area contributed by atoms with Crippen molar-refractivity contribution in [3.05, 3.63) is 40.4 Å². The van der Waals surface area contributed by atoms with Crippen molar-refractivity contribution in [3.8, 4) is 0 Å². The van der Waals surface area contributed by atoms with Crippen LogP contribution in [0.15, 0.2) is 23.7 Å². The van der Waals surface area contributed by atoms with Crippen LogP contribution >= 0.6 is 12.6 Å². The normalized spacial score (nSPS) is 19.9. The highest BCUT2D eigenvalue weighted by Gasteiger charge is 2.52. The number of carboxylic acids is 1. The van der Waals surface area contributed by atoms with E-state index in [1.165, 1.54) is 0 Å². The Morgan fingerprint density at radius 1 is 1.26 bits per heavy atom. The van der Waals surface area contributed by atoms with Gasteiger partial charge in [0.1, 0.15) is 0 Å². The lowest BCUT2D eigenvalue weighted by atomic mass is 9.78. The van der Waals surface area contributed by atoms with E-state index in [1.54, 1.807) is 18.2 Å². The van der Waals surface area contributed by atoms with E-state index < -0.39 is 24.3 Å². The zero-order valence-electron chi connectivity index (χ0n) is 14.2. The van der Waals surface area contributed by atoms with Gasteiger partial charge in [-0.15, -0.1) is 0 Å². The lowest BCUT2D eigenvalue weighted by molar-refractivity contribution is 0.00578. The number of rotatable bonds is 4. The van der Waals surface area contributed by atoms with E-state index in [4.69, 9.17) is 9.31 Å². The van der Waals surface area contributed by atoms with Crippen molar-refractivity contribution in [1.29, 1.82) is 0 Å². The molecule has 4 nitrogen and oxygen atoms in total. The molecule has 0 aromatic heterocycles. The third-order valence-corrected chi connectivity index (χ3v) is 4.88. The van der Waals surface area contributed by atoms with Gasteiger partial charge in [-0.1, -0.05) is 23.8 Å². The summed E-state index contributed by atoms with van der Waals surface area (Å²) in [7, 11) is -0.527. The van der Waals surface area contributed by atoms with Crippen molar-refractivity contribution < 1.29 is 19.2 Å². The topological polar surface area (TPSA) is 55.8 Å². The number of aryl methyl sites for hydroxylation is 1. The van der Waals surface area contributed by atoms with Crippen LogP contribution in [0.25, 0.3) is 6.08 Å². The summed E-state index contributed by atoms with van der Waals surface area (Å²) < 4.78 is 12.1. The standard InChI is InChI=1S/C17H23BO4S/c1-11-6-7-12(14(8-11)15(19)20)9-13(10-23)18-21-16(2,3)17(4,5)22-18/h6-9,23H,10H2,1-5H3,(H,19,20). The fourth-order valence-electron chi connectivity index (χ4n) is 2.36. The molecule has 1 N–H and O–H groups in total. The smallest absolute Gasteiger partial charge is 0.478 e. The molecule has 1 heterocycles. The molecule has 23 heavy (non-hydrogen) atoms. The number of hydrogen-bond donors (Lipinski definition) is 2. The Bertz CT molecular complexity index is 636. The van der Waals surface area contributed by atoms with Gasteiger partial charge >= 0.3 is 13.1 Å². The van der Waals surface area contributed by atoms with Crippen LogP contribution in [-0.2, 0) is 9.31 Å². The maximum absolute atomic E-state index is 11.5. The summed E-state index contributed by atoms with van der Waals surface area (Å²) in [6.45, 7) is 9.80. The molecule has 0 unspecified atom stereocenters. The van der Waals surface area contributed by atoms with Crippen LogP contribution in [0.2, 0.25) is 0 Å². The first-order valence-corrected chi connectivity index (χ1v) is 8.21. The van der Waals surface area contributed by atoms with Gasteiger partial charge in [0, 0.05) is 5.75 Å². The maximum Gasteiger partial charge on any atom is 0.491 e. The highest BCUT2D eigenvalue weighted by Crippen LogP contribution is 2.39. The Labute approximate surface area is 143 Å². The van der Waals surface area contributed by atoms with Crippen molar-refractivity contribution in [3.63, 3.8) is 0 Å². The first-order chi connectivity index (χ1) is 10.6. The molecule has 1 aliphatic heterocycles. The molecule has 124 valence electrons. The van der Waals surface area contributed by atoms with Crippen LogP contribution in [0.4, 0.5) is 0 Å². The maximum atomic E-state index is 11.5. The lowest BCUT2D eigenvalue weighted by Crippen LogP contribution is -2.41. The van der Waals surface area contributed by atoms with Crippen molar-refractivity contribution in [1.82, 2.24) is 0 Å². The van der Waals surface area contributed by atoms with E-state index in [9.17, 15) is 9.90 Å². The van der Waals surface area contributed by atoms with E-state index in [0.29, 0.717) is 11.3 Å². The first kappa shape index (κ1) is 18.1. The monoisotopic (exact) mass is 334 g/mol. The molecule has 1 fully saturated rings. The Hall–Kier alpha value is -1.24. The summed E-state index contributed by atoms with van der Waals surface area (Å²) in [5.41, 5.74) is 1.72. The minimum absolute atomic E-state index is 0.265. The van der Waals surface area contributed by atoms with Gasteiger partial charge in [-0.25, -0.2) is 4.79 Å². The van der Waals surface area contributed by atoms with Crippen LogP contribution in [0.5, 0.6) is 0 Å². The second-order valence-corrected chi connectivity index (χ2v) is 7.18. The molecule has 1 aromatic rings. The van der Waals surface area contributed by atoms with Gasteiger partial charge in [0.2, 0.25) is 0 Å². The molecule has 0 radical (unpaired) electrons. The van der Waals surface area contributed by atoms with Gasteiger partial charge in [0.25, 0.3) is 0 Å². The number of thiol groups is 1. The lowest BCUT2D eigenvalue weighted by Gasteiger charge is -2.32. The Balaban J connectivity index is 2.40. The molecule has 6 heteroatoms. The molecule has 0 saturated carbocycles. The fourth-order valence-corrected chi connectivity index (χ4v) is 2.60. The molecule has 1 saturated heterocycles. The number of aromatic carboxylic acids is 1. The summed E-state index contributed by atoms with van der Waals surface area (Å²) in [5, 5.41) is 9.40. The zero-order chi connectivity index (χ0) is 17.4. The van der Waals surface area contributed by atoms with E-state index in [1.807, 2.05) is 40.7 Å². The van der Waals surface area contributed by atoms with Gasteiger partial charge < -0.3 is 14.4 Å². The molecule has 0 atom stereocenters. The molecule has 0 aliphatic carbocycles. The third kappa shape index (κ3) is 3.65. The first-order valence-electron chi connectivity index (χ1n) is 7.58. The molecule has 0 bridgehead atoms. The van der Waals surface area contributed by atoms with E-state index in [-0.39, 0.29) is 5.56 Å². The number of carboxylic acid groups (broad SMARTS) is 1. The Morgan fingerprint density at radius 2 is 1.83 bits per heavy atom. The highest BCUT2D eigenvalue weighted by atomic mass is 32.1. The van der Waals surface area contributed by atoms with Crippen molar-refractivity contribution in [2.75, 3.05) is 5.75 Å². The summed E-state index contributed by atoms with van der Waals surface area (Å²) in [4.78, 5) is 11.5. The second kappa shape index (κ2) is 6.34. The van der Waals surface area contributed by atoms with Gasteiger partial charge in [-0.2, -0.15) is 12.6 Å².